The van der Waals surface area contributed by atoms with Gasteiger partial charge in [0.15, 0.2) is 6.10 Å². The van der Waals surface area contributed by atoms with Crippen molar-refractivity contribution in [3.8, 4) is 5.75 Å². The summed E-state index contributed by atoms with van der Waals surface area (Å²) in [5.41, 5.74) is 2.50. The van der Waals surface area contributed by atoms with Gasteiger partial charge in [0, 0.05) is 5.56 Å². The van der Waals surface area contributed by atoms with Crippen LogP contribution in [0.3, 0.4) is 0 Å². The standard InChI is InChI=1S/C14H17ClO4/c1-18-13-10(15)7-8-5-3-4-6-9(8)11(13)12(16)14(17)19-2/h7,12,16H,3-6H2,1-2H3. The van der Waals surface area contributed by atoms with Crippen molar-refractivity contribution in [3.63, 3.8) is 0 Å². The first-order valence-corrected chi connectivity index (χ1v) is 6.62. The molecule has 1 aliphatic carbocycles. The number of rotatable bonds is 3. The Morgan fingerprint density at radius 2 is 2.05 bits per heavy atom. The molecule has 0 amide bonds. The summed E-state index contributed by atoms with van der Waals surface area (Å²) >= 11 is 6.17. The van der Waals surface area contributed by atoms with Crippen LogP contribution >= 0.6 is 11.6 Å². The van der Waals surface area contributed by atoms with Crippen molar-refractivity contribution in [2.24, 2.45) is 0 Å². The number of aliphatic hydroxyl groups is 1. The van der Waals surface area contributed by atoms with Crippen LogP contribution in [0, 0.1) is 0 Å². The summed E-state index contributed by atoms with van der Waals surface area (Å²) in [6, 6.07) is 1.86. The largest absolute Gasteiger partial charge is 0.495 e. The monoisotopic (exact) mass is 284 g/mol. The Hall–Kier alpha value is -1.26. The van der Waals surface area contributed by atoms with E-state index < -0.39 is 12.1 Å². The molecule has 0 heterocycles. The lowest BCUT2D eigenvalue weighted by Crippen LogP contribution is -2.19. The van der Waals surface area contributed by atoms with Crippen LogP contribution in [0.25, 0.3) is 0 Å². The lowest BCUT2D eigenvalue weighted by molar-refractivity contribution is -0.150. The molecule has 0 aliphatic heterocycles. The topological polar surface area (TPSA) is 55.8 Å². The fraction of sp³-hybridized carbons (Fsp3) is 0.500. The van der Waals surface area contributed by atoms with E-state index in [1.54, 1.807) is 0 Å². The van der Waals surface area contributed by atoms with Gasteiger partial charge in [-0.25, -0.2) is 4.79 Å². The Balaban J connectivity index is 2.60. The van der Waals surface area contributed by atoms with Gasteiger partial charge in [-0.05, 0) is 42.9 Å². The number of hydrogen-bond donors (Lipinski definition) is 1. The van der Waals surface area contributed by atoms with Gasteiger partial charge in [-0.3, -0.25) is 0 Å². The summed E-state index contributed by atoms with van der Waals surface area (Å²) < 4.78 is 9.87. The van der Waals surface area contributed by atoms with E-state index in [2.05, 4.69) is 4.74 Å². The van der Waals surface area contributed by atoms with Crippen molar-refractivity contribution in [1.82, 2.24) is 0 Å². The molecule has 2 rings (SSSR count). The Labute approximate surface area is 117 Å². The van der Waals surface area contributed by atoms with E-state index >= 15 is 0 Å². The summed E-state index contributed by atoms with van der Waals surface area (Å²) in [6.45, 7) is 0. The highest BCUT2D eigenvalue weighted by atomic mass is 35.5. The van der Waals surface area contributed by atoms with Crippen LogP contribution in [0.1, 0.15) is 35.6 Å². The van der Waals surface area contributed by atoms with Crippen molar-refractivity contribution in [2.75, 3.05) is 14.2 Å². The molecule has 1 aliphatic rings. The first-order valence-electron chi connectivity index (χ1n) is 6.24. The van der Waals surface area contributed by atoms with E-state index in [-0.39, 0.29) is 0 Å². The maximum atomic E-state index is 11.6. The van der Waals surface area contributed by atoms with Gasteiger partial charge in [0.2, 0.25) is 0 Å². The van der Waals surface area contributed by atoms with Gasteiger partial charge < -0.3 is 14.6 Å². The number of ether oxygens (including phenoxy) is 2. The second-order valence-electron chi connectivity index (χ2n) is 4.58. The molecule has 1 unspecified atom stereocenters. The first-order chi connectivity index (χ1) is 9.10. The minimum absolute atomic E-state index is 0.361. The molecular weight excluding hydrogens is 268 g/mol. The second kappa shape index (κ2) is 5.80. The third-order valence-corrected chi connectivity index (χ3v) is 3.78. The average Bonchev–Trinajstić information content (AvgIpc) is 2.44. The fourth-order valence-corrected chi connectivity index (χ4v) is 2.92. The number of benzene rings is 1. The Kier molecular flexibility index (Phi) is 4.32. The molecule has 0 fully saturated rings. The molecule has 1 aromatic carbocycles. The molecule has 0 aromatic heterocycles. The first kappa shape index (κ1) is 14.2. The smallest absolute Gasteiger partial charge is 0.339 e. The van der Waals surface area contributed by atoms with Gasteiger partial charge in [-0.2, -0.15) is 0 Å². The van der Waals surface area contributed by atoms with Crippen LogP contribution in [0.2, 0.25) is 5.02 Å². The maximum Gasteiger partial charge on any atom is 0.339 e. The molecule has 0 spiro atoms. The minimum atomic E-state index is -1.36. The van der Waals surface area contributed by atoms with E-state index in [1.807, 2.05) is 6.07 Å². The van der Waals surface area contributed by atoms with Gasteiger partial charge in [-0.15, -0.1) is 0 Å². The molecular formula is C14H17ClO4. The number of fused-ring (bicyclic) bond motifs is 1. The SMILES string of the molecule is COC(=O)C(O)c1c2c(cc(Cl)c1OC)CCCC2. The van der Waals surface area contributed by atoms with Crippen LogP contribution in [0.5, 0.6) is 5.75 Å². The molecule has 104 valence electrons. The highest BCUT2D eigenvalue weighted by molar-refractivity contribution is 6.32. The van der Waals surface area contributed by atoms with E-state index in [0.717, 1.165) is 36.8 Å². The summed E-state index contributed by atoms with van der Waals surface area (Å²) in [5, 5.41) is 10.6. The van der Waals surface area contributed by atoms with Gasteiger partial charge in [0.1, 0.15) is 5.75 Å². The second-order valence-corrected chi connectivity index (χ2v) is 4.98. The van der Waals surface area contributed by atoms with Crippen molar-refractivity contribution in [1.29, 1.82) is 0 Å². The van der Waals surface area contributed by atoms with Gasteiger partial charge in [0.25, 0.3) is 0 Å². The zero-order valence-corrected chi connectivity index (χ0v) is 11.8. The van der Waals surface area contributed by atoms with Crippen LogP contribution in [0.4, 0.5) is 0 Å². The molecule has 5 heteroatoms. The predicted octanol–water partition coefficient (Wildman–Crippen LogP) is 2.43. The predicted molar refractivity (Wildman–Crippen MR) is 71.6 cm³/mol. The molecule has 19 heavy (non-hydrogen) atoms. The fourth-order valence-electron chi connectivity index (χ4n) is 2.61. The summed E-state index contributed by atoms with van der Waals surface area (Å²) in [4.78, 5) is 11.6. The number of aryl methyl sites for hydroxylation is 1. The number of hydrogen-bond acceptors (Lipinski definition) is 4. The highest BCUT2D eigenvalue weighted by Gasteiger charge is 2.29. The van der Waals surface area contributed by atoms with E-state index in [4.69, 9.17) is 16.3 Å². The molecule has 1 aromatic rings. The van der Waals surface area contributed by atoms with E-state index in [9.17, 15) is 9.90 Å². The van der Waals surface area contributed by atoms with E-state index in [1.165, 1.54) is 14.2 Å². The number of esters is 1. The van der Waals surface area contributed by atoms with Crippen LogP contribution in [-0.2, 0) is 22.4 Å². The average molecular weight is 285 g/mol. The Bertz CT molecular complexity index is 499. The van der Waals surface area contributed by atoms with Gasteiger partial charge >= 0.3 is 5.97 Å². The molecule has 1 N–H and O–H groups in total. The van der Waals surface area contributed by atoms with Crippen molar-refractivity contribution < 1.29 is 19.4 Å². The molecule has 0 saturated carbocycles. The van der Waals surface area contributed by atoms with Crippen molar-refractivity contribution in [3.05, 3.63) is 27.8 Å². The molecule has 0 radical (unpaired) electrons. The minimum Gasteiger partial charge on any atom is -0.495 e. The normalized spacial score (nSPS) is 15.6. The lowest BCUT2D eigenvalue weighted by Gasteiger charge is -2.24. The molecule has 0 bridgehead atoms. The summed E-state index contributed by atoms with van der Waals surface area (Å²) in [7, 11) is 2.72. The van der Waals surface area contributed by atoms with Crippen LogP contribution < -0.4 is 4.74 Å². The zero-order chi connectivity index (χ0) is 14.0. The molecule has 4 nitrogen and oxygen atoms in total. The quantitative estimate of drug-likeness (QED) is 0.866. The number of methoxy groups -OCH3 is 2. The number of halogens is 1. The van der Waals surface area contributed by atoms with Gasteiger partial charge in [0.05, 0.1) is 19.2 Å². The molecule has 1 atom stereocenters. The number of carbonyl (C=O) groups excluding carboxylic acids is 1. The zero-order valence-electron chi connectivity index (χ0n) is 11.0. The number of aliphatic hydroxyl groups excluding tert-OH is 1. The number of carbonyl (C=O) groups is 1. The van der Waals surface area contributed by atoms with Crippen molar-refractivity contribution in [2.45, 2.75) is 31.8 Å². The lowest BCUT2D eigenvalue weighted by atomic mass is 9.86. The third-order valence-electron chi connectivity index (χ3n) is 3.50. The maximum absolute atomic E-state index is 11.6. The Morgan fingerprint density at radius 1 is 1.37 bits per heavy atom. The van der Waals surface area contributed by atoms with Crippen LogP contribution in [0.15, 0.2) is 6.07 Å². The van der Waals surface area contributed by atoms with E-state index in [0.29, 0.717) is 16.3 Å². The van der Waals surface area contributed by atoms with Crippen LogP contribution in [-0.4, -0.2) is 25.3 Å². The summed E-state index contributed by atoms with van der Waals surface area (Å²) in [6.07, 6.45) is 2.47. The molecule has 0 saturated heterocycles. The summed E-state index contributed by atoms with van der Waals surface area (Å²) in [5.74, 6) is -0.339. The van der Waals surface area contributed by atoms with Gasteiger partial charge in [-0.1, -0.05) is 11.6 Å². The Morgan fingerprint density at radius 3 is 2.68 bits per heavy atom. The highest BCUT2D eigenvalue weighted by Crippen LogP contribution is 2.40. The third kappa shape index (κ3) is 2.55. The van der Waals surface area contributed by atoms with Crippen molar-refractivity contribution >= 4 is 17.6 Å².